The third-order valence-electron chi connectivity index (χ3n) is 10.1. The van der Waals surface area contributed by atoms with Crippen LogP contribution in [-0.2, 0) is 0 Å². The first-order valence-corrected chi connectivity index (χ1v) is 20.0. The summed E-state index contributed by atoms with van der Waals surface area (Å²) < 4.78 is 43.1. The maximum atomic E-state index is 14.6. The van der Waals surface area contributed by atoms with E-state index in [1.165, 1.54) is 35.7 Å². The number of aliphatic imine (C=N–C) groups is 2. The van der Waals surface area contributed by atoms with Crippen molar-refractivity contribution in [1.29, 1.82) is 21.0 Å². The normalized spacial score (nSPS) is 17.8. The highest BCUT2D eigenvalue weighted by molar-refractivity contribution is 7.32. The van der Waals surface area contributed by atoms with E-state index in [1.54, 1.807) is 12.1 Å². The molecule has 8 nitrogen and oxygen atoms in total. The number of hydrogen-bond acceptors (Lipinski definition) is 10. The van der Waals surface area contributed by atoms with Crippen molar-refractivity contribution in [2.24, 2.45) is 9.98 Å². The molecule has 0 atom stereocenters. The zero-order chi connectivity index (χ0) is 36.6. The van der Waals surface area contributed by atoms with Gasteiger partial charge in [-0.05, 0) is 76.9 Å². The predicted molar refractivity (Wildman–Crippen MR) is 193 cm³/mol. The number of rotatable bonds is 2. The lowest BCUT2D eigenvalue weighted by Crippen LogP contribution is -2.55. The minimum atomic E-state index is -2.40. The standard InChI is InChI=1S/C38H19F3N6O2S2Si/c1-17-7-20-22(9-24(17)39)35(48)33(31(20)18(13-42)14-43)46-29-11-27-37(50-29)38-28(52(27)5-3-2-4-6-52)12-30(51-38)47-34-32(19(15-44)16-45)21-8-25(40)26(41)10-23(21)36(34)49/h7-12H,2-6H2,1H3. The van der Waals surface area contributed by atoms with Crippen LogP contribution in [0.3, 0.4) is 0 Å². The van der Waals surface area contributed by atoms with Crippen LogP contribution in [0.4, 0.5) is 23.2 Å². The summed E-state index contributed by atoms with van der Waals surface area (Å²) in [4.78, 5) is 38.4. The van der Waals surface area contributed by atoms with Crippen molar-refractivity contribution in [2.45, 2.75) is 38.3 Å². The molecule has 2 aliphatic heterocycles. The molecule has 4 aromatic rings. The summed E-state index contributed by atoms with van der Waals surface area (Å²) in [6.45, 7) is 1.53. The number of benzene rings is 2. The van der Waals surface area contributed by atoms with E-state index < -0.39 is 42.7 Å². The minimum Gasteiger partial charge on any atom is -0.287 e. The Morgan fingerprint density at radius 3 is 1.52 bits per heavy atom. The third-order valence-corrected chi connectivity index (χ3v) is 17.9. The smallest absolute Gasteiger partial charge is 0.212 e. The quantitative estimate of drug-likeness (QED) is 0.151. The highest BCUT2D eigenvalue weighted by Crippen LogP contribution is 2.49. The van der Waals surface area contributed by atoms with Crippen molar-refractivity contribution in [3.63, 3.8) is 0 Å². The van der Waals surface area contributed by atoms with Gasteiger partial charge in [0.15, 0.2) is 11.6 Å². The maximum Gasteiger partial charge on any atom is 0.212 e. The van der Waals surface area contributed by atoms with Crippen LogP contribution in [0.5, 0.6) is 0 Å². The van der Waals surface area contributed by atoms with Gasteiger partial charge in [-0.25, -0.2) is 23.2 Å². The van der Waals surface area contributed by atoms with E-state index in [2.05, 4.69) is 4.99 Å². The summed E-state index contributed by atoms with van der Waals surface area (Å²) in [6, 6.07) is 17.1. The van der Waals surface area contributed by atoms with Crippen molar-refractivity contribution < 1.29 is 22.8 Å². The molecule has 0 radical (unpaired) electrons. The van der Waals surface area contributed by atoms with Gasteiger partial charge < -0.3 is 0 Å². The summed E-state index contributed by atoms with van der Waals surface area (Å²) in [5, 5.41) is 42.2. The fraction of sp³-hybridized carbons (Fsp3) is 0.158. The second-order valence-electron chi connectivity index (χ2n) is 12.8. The second kappa shape index (κ2) is 12.0. The number of carbonyl (C=O) groups is 2. The summed E-state index contributed by atoms with van der Waals surface area (Å²) in [6.07, 6.45) is 3.06. The summed E-state index contributed by atoms with van der Waals surface area (Å²) >= 11 is 2.66. The van der Waals surface area contributed by atoms with E-state index in [4.69, 9.17) is 4.99 Å². The van der Waals surface area contributed by atoms with Gasteiger partial charge in [-0.1, -0.05) is 19.3 Å². The highest BCUT2D eigenvalue weighted by Gasteiger charge is 2.49. The molecular formula is C38H19F3N6O2S2Si. The third kappa shape index (κ3) is 4.66. The number of nitriles is 4. The molecule has 8 rings (SSSR count). The number of aryl methyl sites for hydroxylation is 1. The largest absolute Gasteiger partial charge is 0.287 e. The Kier molecular flexibility index (Phi) is 7.67. The molecule has 1 fully saturated rings. The van der Waals surface area contributed by atoms with Crippen molar-refractivity contribution in [3.05, 3.63) is 92.8 Å². The zero-order valence-corrected chi connectivity index (χ0v) is 29.6. The van der Waals surface area contributed by atoms with Crippen molar-refractivity contribution >= 4 is 85.3 Å². The molecule has 2 aromatic carbocycles. The molecular weight excluding hydrogens is 722 g/mol. The topological polar surface area (TPSA) is 154 Å². The van der Waals surface area contributed by atoms with Gasteiger partial charge in [-0.2, -0.15) is 21.0 Å². The summed E-state index contributed by atoms with van der Waals surface area (Å²) in [5.41, 5.74) is -0.862. The molecule has 0 bridgehead atoms. The monoisotopic (exact) mass is 740 g/mol. The van der Waals surface area contributed by atoms with E-state index in [1.807, 2.05) is 24.3 Å². The van der Waals surface area contributed by atoms with Crippen LogP contribution in [0.15, 0.2) is 57.5 Å². The number of ketones is 2. The molecule has 14 heteroatoms. The fourth-order valence-corrected chi connectivity index (χ4v) is 16.9. The van der Waals surface area contributed by atoms with E-state index in [0.29, 0.717) is 10.0 Å². The number of allylic oxidation sites excluding steroid dienone is 4. The average Bonchev–Trinajstić information content (AvgIpc) is 3.91. The van der Waals surface area contributed by atoms with Gasteiger partial charge in [0.05, 0.1) is 0 Å². The maximum absolute atomic E-state index is 14.6. The Morgan fingerprint density at radius 2 is 1.06 bits per heavy atom. The zero-order valence-electron chi connectivity index (χ0n) is 26.9. The van der Waals surface area contributed by atoms with Gasteiger partial charge in [0, 0.05) is 37.6 Å². The fourth-order valence-electron chi connectivity index (χ4n) is 7.72. The molecule has 0 N–H and O–H groups in total. The summed E-state index contributed by atoms with van der Waals surface area (Å²) in [5.74, 6) is -4.36. The van der Waals surface area contributed by atoms with Crippen LogP contribution < -0.4 is 10.4 Å². The van der Waals surface area contributed by atoms with Crippen molar-refractivity contribution in [1.82, 2.24) is 0 Å². The van der Waals surface area contributed by atoms with Crippen molar-refractivity contribution in [3.8, 4) is 34.0 Å². The van der Waals surface area contributed by atoms with Gasteiger partial charge in [0.2, 0.25) is 11.6 Å². The Bertz CT molecular complexity index is 2490. The van der Waals surface area contributed by atoms with Crippen molar-refractivity contribution in [2.75, 3.05) is 0 Å². The highest BCUT2D eigenvalue weighted by atomic mass is 32.1. The molecule has 0 saturated carbocycles. The van der Waals surface area contributed by atoms with Gasteiger partial charge in [-0.15, -0.1) is 22.7 Å². The second-order valence-corrected chi connectivity index (χ2v) is 19.1. The van der Waals surface area contributed by atoms with Crippen LogP contribution in [0.2, 0.25) is 12.1 Å². The Hall–Kier alpha value is -6.03. The number of hydrogen-bond donors (Lipinski definition) is 0. The summed E-state index contributed by atoms with van der Waals surface area (Å²) in [7, 11) is -2.40. The number of nitrogens with zero attached hydrogens (tertiary/aromatic N) is 6. The van der Waals surface area contributed by atoms with Crippen LogP contribution >= 0.6 is 22.7 Å². The molecule has 4 heterocycles. The molecule has 2 aliphatic carbocycles. The predicted octanol–water partition coefficient (Wildman–Crippen LogP) is 7.80. The molecule has 250 valence electrons. The van der Waals surface area contributed by atoms with E-state index in [-0.39, 0.29) is 56.0 Å². The molecule has 4 aliphatic rings. The Balaban J connectivity index is 1.28. The van der Waals surface area contributed by atoms with Gasteiger partial charge in [0.25, 0.3) is 0 Å². The lowest BCUT2D eigenvalue weighted by Gasteiger charge is -2.32. The first kappa shape index (κ1) is 33.1. The minimum absolute atomic E-state index is 0.0322. The first-order chi connectivity index (χ1) is 25.0. The molecule has 0 unspecified atom stereocenters. The molecule has 52 heavy (non-hydrogen) atoms. The molecule has 2 aromatic heterocycles. The Labute approximate surface area is 303 Å². The van der Waals surface area contributed by atoms with Gasteiger partial charge in [0.1, 0.15) is 70.7 Å². The van der Waals surface area contributed by atoms with Crippen LogP contribution in [0.25, 0.3) is 20.9 Å². The SMILES string of the molecule is Cc1cc2c(cc1F)C(=O)C(=Nc1cc3c(s1)-c1sc(N=C4C(=O)c5cc(F)c(F)cc5C4=C(C#N)C#N)cc1[Si]31CCCCC1)C2=C(C#N)C#N. The number of fused-ring (bicyclic) bond motifs is 7. The first-order valence-electron chi connectivity index (χ1n) is 16.0. The lowest BCUT2D eigenvalue weighted by molar-refractivity contribution is 0.106. The van der Waals surface area contributed by atoms with E-state index >= 15 is 0 Å². The average molecular weight is 741 g/mol. The molecule has 1 spiro atoms. The van der Waals surface area contributed by atoms with Gasteiger partial charge >= 0.3 is 0 Å². The molecule has 1 saturated heterocycles. The van der Waals surface area contributed by atoms with E-state index in [0.717, 1.165) is 69.7 Å². The number of carbonyl (C=O) groups excluding carboxylic acids is 2. The van der Waals surface area contributed by atoms with Crippen LogP contribution in [-0.4, -0.2) is 31.1 Å². The Morgan fingerprint density at radius 1 is 0.635 bits per heavy atom. The van der Waals surface area contributed by atoms with Gasteiger partial charge in [-0.3, -0.25) is 9.59 Å². The van der Waals surface area contributed by atoms with Crippen LogP contribution in [0.1, 0.15) is 56.7 Å². The van der Waals surface area contributed by atoms with Crippen LogP contribution in [0, 0.1) is 69.7 Å². The number of halogens is 3. The number of Topliss-reactive ketones (excluding diaryl/α,β-unsaturated/α-hetero) is 2. The van der Waals surface area contributed by atoms with E-state index in [9.17, 15) is 43.8 Å². The molecule has 0 amide bonds. The number of thiophene rings is 2. The lowest BCUT2D eigenvalue weighted by atomic mass is 10.00.